The van der Waals surface area contributed by atoms with Crippen molar-refractivity contribution in [1.82, 2.24) is 15.5 Å². The highest BCUT2D eigenvalue weighted by atomic mass is 127. The summed E-state index contributed by atoms with van der Waals surface area (Å²) in [6, 6.07) is 10.3. The van der Waals surface area contributed by atoms with E-state index in [4.69, 9.17) is 9.47 Å². The molecule has 1 aliphatic rings. The first-order valence-electron chi connectivity index (χ1n) is 10.2. The minimum Gasteiger partial charge on any atom is -0.497 e. The highest BCUT2D eigenvalue weighted by molar-refractivity contribution is 14.0. The van der Waals surface area contributed by atoms with Crippen LogP contribution in [0.4, 0.5) is 0 Å². The quantitative estimate of drug-likeness (QED) is 0.299. The standard InChI is InChI=1S/C22H32N4O2S.HI/c1-17(28-21-6-4-20(27-3)5-7-21)14-24-22(23-2)25-19-8-11-26(12-9-19)15-18-10-13-29-16-18;/h4-7,10,13,16-17,19H,8-9,11-12,14-15H2,1-3H3,(H2,23,24,25);1H. The number of methoxy groups -OCH3 is 1. The average molecular weight is 545 g/mol. The summed E-state index contributed by atoms with van der Waals surface area (Å²) in [6.45, 7) is 6.02. The molecule has 2 aromatic rings. The maximum atomic E-state index is 5.96. The molecular formula is C22H33IN4O2S. The van der Waals surface area contributed by atoms with Crippen LogP contribution in [0.25, 0.3) is 0 Å². The van der Waals surface area contributed by atoms with Gasteiger partial charge in [0.05, 0.1) is 13.7 Å². The summed E-state index contributed by atoms with van der Waals surface area (Å²) in [5.74, 6) is 2.50. The maximum absolute atomic E-state index is 5.96. The number of rotatable bonds is 8. The van der Waals surface area contributed by atoms with Crippen LogP contribution in [0, 0.1) is 0 Å². The molecule has 0 saturated carbocycles. The average Bonchev–Trinajstić information content (AvgIpc) is 3.26. The first-order chi connectivity index (χ1) is 14.2. The normalized spacial score (nSPS) is 16.4. The van der Waals surface area contributed by atoms with Crippen LogP contribution < -0.4 is 20.1 Å². The summed E-state index contributed by atoms with van der Waals surface area (Å²) in [6.07, 6.45) is 2.28. The van der Waals surface area contributed by atoms with Crippen molar-refractivity contribution in [2.24, 2.45) is 4.99 Å². The topological polar surface area (TPSA) is 58.1 Å². The number of hydrogen-bond acceptors (Lipinski definition) is 5. The smallest absolute Gasteiger partial charge is 0.191 e. The number of nitrogens with one attached hydrogen (secondary N) is 2. The summed E-state index contributed by atoms with van der Waals surface area (Å²) in [5, 5.41) is 11.3. The Labute approximate surface area is 201 Å². The molecule has 1 saturated heterocycles. The van der Waals surface area contributed by atoms with E-state index >= 15 is 0 Å². The molecule has 1 atom stereocenters. The van der Waals surface area contributed by atoms with Gasteiger partial charge in [0.1, 0.15) is 17.6 Å². The van der Waals surface area contributed by atoms with Crippen LogP contribution in [-0.4, -0.2) is 56.8 Å². The molecular weight excluding hydrogens is 511 g/mol. The molecule has 6 nitrogen and oxygen atoms in total. The second kappa shape index (κ2) is 13.0. The fourth-order valence-corrected chi connectivity index (χ4v) is 4.09. The van der Waals surface area contributed by atoms with Gasteiger partial charge in [0.25, 0.3) is 0 Å². The SMILES string of the molecule is CN=C(NCC(C)Oc1ccc(OC)cc1)NC1CCN(Cc2ccsc2)CC1.I. The summed E-state index contributed by atoms with van der Waals surface area (Å²) in [4.78, 5) is 6.90. The number of piperidine rings is 1. The largest absolute Gasteiger partial charge is 0.497 e. The van der Waals surface area contributed by atoms with Crippen LogP contribution in [0.15, 0.2) is 46.1 Å². The zero-order chi connectivity index (χ0) is 20.5. The third-order valence-electron chi connectivity index (χ3n) is 5.09. The Morgan fingerprint density at radius 2 is 1.90 bits per heavy atom. The highest BCUT2D eigenvalue weighted by Gasteiger charge is 2.20. The molecule has 30 heavy (non-hydrogen) atoms. The van der Waals surface area contributed by atoms with Gasteiger partial charge in [0, 0.05) is 32.7 Å². The lowest BCUT2D eigenvalue weighted by Crippen LogP contribution is -2.49. The third kappa shape index (κ3) is 7.96. The van der Waals surface area contributed by atoms with Gasteiger partial charge in [-0.25, -0.2) is 0 Å². The number of thiophene rings is 1. The van der Waals surface area contributed by atoms with E-state index in [0.717, 1.165) is 49.9 Å². The lowest BCUT2D eigenvalue weighted by atomic mass is 10.0. The van der Waals surface area contributed by atoms with E-state index in [1.54, 1.807) is 18.4 Å². The number of aliphatic imine (C=N–C) groups is 1. The maximum Gasteiger partial charge on any atom is 0.191 e. The molecule has 0 bridgehead atoms. The molecule has 0 amide bonds. The lowest BCUT2D eigenvalue weighted by molar-refractivity contribution is 0.198. The molecule has 8 heteroatoms. The van der Waals surface area contributed by atoms with E-state index in [1.807, 2.05) is 38.2 Å². The van der Waals surface area contributed by atoms with E-state index in [2.05, 4.69) is 37.4 Å². The second-order valence-corrected chi connectivity index (χ2v) is 8.16. The van der Waals surface area contributed by atoms with Gasteiger partial charge in [-0.1, -0.05) is 0 Å². The number of guanidine groups is 1. The number of ether oxygens (including phenoxy) is 2. The predicted molar refractivity (Wildman–Crippen MR) is 136 cm³/mol. The van der Waals surface area contributed by atoms with E-state index in [9.17, 15) is 0 Å². The Morgan fingerprint density at radius 1 is 1.20 bits per heavy atom. The van der Waals surface area contributed by atoms with Crippen LogP contribution in [0.5, 0.6) is 11.5 Å². The fourth-order valence-electron chi connectivity index (χ4n) is 3.43. The minimum absolute atomic E-state index is 0. The number of likely N-dealkylation sites (tertiary alicyclic amines) is 1. The molecule has 166 valence electrons. The van der Waals surface area contributed by atoms with Gasteiger partial charge >= 0.3 is 0 Å². The van der Waals surface area contributed by atoms with Gasteiger partial charge in [0.2, 0.25) is 0 Å². The monoisotopic (exact) mass is 544 g/mol. The Morgan fingerprint density at radius 3 is 2.50 bits per heavy atom. The number of hydrogen-bond donors (Lipinski definition) is 2. The van der Waals surface area contributed by atoms with Crippen molar-refractivity contribution in [1.29, 1.82) is 0 Å². The van der Waals surface area contributed by atoms with Gasteiger partial charge in [0.15, 0.2) is 5.96 Å². The molecule has 1 aromatic carbocycles. The lowest BCUT2D eigenvalue weighted by Gasteiger charge is -2.33. The van der Waals surface area contributed by atoms with Crippen molar-refractivity contribution in [2.45, 2.75) is 38.5 Å². The van der Waals surface area contributed by atoms with Crippen molar-refractivity contribution in [2.75, 3.05) is 33.8 Å². The van der Waals surface area contributed by atoms with E-state index in [1.165, 1.54) is 5.56 Å². The van der Waals surface area contributed by atoms with E-state index in [0.29, 0.717) is 12.6 Å². The molecule has 1 aliphatic heterocycles. The van der Waals surface area contributed by atoms with Crippen LogP contribution in [0.1, 0.15) is 25.3 Å². The number of nitrogens with zero attached hydrogens (tertiary/aromatic N) is 2. The molecule has 2 N–H and O–H groups in total. The first-order valence-corrected chi connectivity index (χ1v) is 11.1. The highest BCUT2D eigenvalue weighted by Crippen LogP contribution is 2.18. The zero-order valence-corrected chi connectivity index (χ0v) is 21.1. The van der Waals surface area contributed by atoms with Gasteiger partial charge in [-0.05, 0) is 66.4 Å². The summed E-state index contributed by atoms with van der Waals surface area (Å²) in [5.41, 5.74) is 1.42. The van der Waals surface area contributed by atoms with Crippen molar-refractivity contribution < 1.29 is 9.47 Å². The van der Waals surface area contributed by atoms with Crippen LogP contribution in [-0.2, 0) is 6.54 Å². The van der Waals surface area contributed by atoms with Crippen molar-refractivity contribution >= 4 is 41.3 Å². The van der Waals surface area contributed by atoms with E-state index < -0.39 is 0 Å². The zero-order valence-electron chi connectivity index (χ0n) is 18.0. The van der Waals surface area contributed by atoms with Gasteiger partial charge in [-0.3, -0.25) is 9.89 Å². The van der Waals surface area contributed by atoms with Gasteiger partial charge in [-0.2, -0.15) is 11.3 Å². The molecule has 1 fully saturated rings. The van der Waals surface area contributed by atoms with Crippen LogP contribution in [0.2, 0.25) is 0 Å². The Balaban J connectivity index is 0.00000320. The Kier molecular flexibility index (Phi) is 10.7. The summed E-state index contributed by atoms with van der Waals surface area (Å²) >= 11 is 1.77. The molecule has 3 rings (SSSR count). The van der Waals surface area contributed by atoms with Crippen LogP contribution in [0.3, 0.4) is 0 Å². The summed E-state index contributed by atoms with van der Waals surface area (Å²) < 4.78 is 11.1. The van der Waals surface area contributed by atoms with Gasteiger partial charge < -0.3 is 20.1 Å². The summed E-state index contributed by atoms with van der Waals surface area (Å²) in [7, 11) is 3.48. The van der Waals surface area contributed by atoms with Crippen LogP contribution >= 0.6 is 35.3 Å². The Hall–Kier alpha value is -1.52. The number of benzene rings is 1. The Bertz CT molecular complexity index is 747. The van der Waals surface area contributed by atoms with E-state index in [-0.39, 0.29) is 30.1 Å². The number of halogens is 1. The van der Waals surface area contributed by atoms with Crippen molar-refractivity contribution in [3.05, 3.63) is 46.7 Å². The van der Waals surface area contributed by atoms with Crippen molar-refractivity contribution in [3.8, 4) is 11.5 Å². The predicted octanol–water partition coefficient (Wildman–Crippen LogP) is 3.97. The molecule has 1 unspecified atom stereocenters. The molecule has 0 spiro atoms. The van der Waals surface area contributed by atoms with Gasteiger partial charge in [-0.15, -0.1) is 24.0 Å². The van der Waals surface area contributed by atoms with Crippen molar-refractivity contribution in [3.63, 3.8) is 0 Å². The minimum atomic E-state index is 0. The molecule has 0 aliphatic carbocycles. The molecule has 0 radical (unpaired) electrons. The second-order valence-electron chi connectivity index (χ2n) is 7.38. The molecule has 1 aromatic heterocycles. The fraction of sp³-hybridized carbons (Fsp3) is 0.500. The molecule has 2 heterocycles. The first kappa shape index (κ1) is 24.7. The third-order valence-corrected chi connectivity index (χ3v) is 5.82.